The Kier molecular flexibility index (Phi) is 6.78. The van der Waals surface area contributed by atoms with Gasteiger partial charge in [0, 0.05) is 35.8 Å². The molecular formula is C26H24N4O2S2. The minimum Gasteiger partial charge on any atom is -0.288 e. The average molecular weight is 489 g/mol. The SMILES string of the molecule is O=C1CCCN1c1nc(CC(=O)N(CCc2ccccc2)c2nc(-c3ccccc3)cs2)cs1. The number of benzene rings is 2. The summed E-state index contributed by atoms with van der Waals surface area (Å²) in [4.78, 5) is 38.4. The van der Waals surface area contributed by atoms with Crippen LogP contribution >= 0.6 is 22.7 Å². The van der Waals surface area contributed by atoms with Crippen LogP contribution in [0.4, 0.5) is 10.3 Å². The van der Waals surface area contributed by atoms with Crippen LogP contribution in [0.1, 0.15) is 24.1 Å². The van der Waals surface area contributed by atoms with Gasteiger partial charge in [-0.15, -0.1) is 22.7 Å². The van der Waals surface area contributed by atoms with Crippen molar-refractivity contribution >= 4 is 44.8 Å². The first-order valence-corrected chi connectivity index (χ1v) is 13.0. The van der Waals surface area contributed by atoms with Crippen LogP contribution in [0.5, 0.6) is 0 Å². The number of nitrogens with zero attached hydrogens (tertiary/aromatic N) is 4. The Hall–Kier alpha value is -3.36. The lowest BCUT2D eigenvalue weighted by atomic mass is 10.1. The minimum absolute atomic E-state index is 0.0468. The molecule has 0 spiro atoms. The Morgan fingerprint density at radius 2 is 1.74 bits per heavy atom. The molecule has 6 nitrogen and oxygen atoms in total. The van der Waals surface area contributed by atoms with E-state index in [4.69, 9.17) is 4.98 Å². The van der Waals surface area contributed by atoms with Gasteiger partial charge < -0.3 is 0 Å². The Balaban J connectivity index is 1.35. The number of hydrogen-bond acceptors (Lipinski definition) is 6. The molecule has 0 unspecified atom stereocenters. The van der Waals surface area contributed by atoms with Crippen LogP contribution in [0.25, 0.3) is 11.3 Å². The first-order valence-electron chi connectivity index (χ1n) is 11.3. The van der Waals surface area contributed by atoms with Gasteiger partial charge >= 0.3 is 0 Å². The first kappa shape index (κ1) is 22.4. The second-order valence-electron chi connectivity index (χ2n) is 8.11. The molecule has 0 bridgehead atoms. The molecule has 1 saturated heterocycles. The van der Waals surface area contributed by atoms with E-state index >= 15 is 0 Å². The van der Waals surface area contributed by atoms with Gasteiger partial charge in [0.05, 0.1) is 17.8 Å². The number of carbonyl (C=O) groups is 2. The van der Waals surface area contributed by atoms with Crippen molar-refractivity contribution in [2.75, 3.05) is 22.9 Å². The molecule has 0 saturated carbocycles. The molecule has 34 heavy (non-hydrogen) atoms. The van der Waals surface area contributed by atoms with Gasteiger partial charge in [-0.2, -0.15) is 0 Å². The standard InChI is InChI=1S/C26H24N4O2S2/c31-23-12-7-14-29(23)25-27-21(17-33-25)16-24(32)30(15-13-19-8-3-1-4-9-19)26-28-22(18-34-26)20-10-5-2-6-11-20/h1-6,8-11,17-18H,7,12-16H2. The van der Waals surface area contributed by atoms with Gasteiger partial charge in [-0.1, -0.05) is 60.7 Å². The summed E-state index contributed by atoms with van der Waals surface area (Å²) in [5, 5.41) is 5.24. The molecule has 0 aliphatic carbocycles. The molecule has 1 aliphatic heterocycles. The van der Waals surface area contributed by atoms with Crippen LogP contribution < -0.4 is 9.80 Å². The zero-order chi connectivity index (χ0) is 23.3. The maximum Gasteiger partial charge on any atom is 0.234 e. The summed E-state index contributed by atoms with van der Waals surface area (Å²) in [5.74, 6) is 0.0578. The largest absolute Gasteiger partial charge is 0.288 e. The molecule has 5 rings (SSSR count). The predicted molar refractivity (Wildman–Crippen MR) is 137 cm³/mol. The zero-order valence-electron chi connectivity index (χ0n) is 18.6. The average Bonchev–Trinajstić information content (AvgIpc) is 3.62. The Morgan fingerprint density at radius 1 is 0.971 bits per heavy atom. The third-order valence-corrected chi connectivity index (χ3v) is 7.51. The normalized spacial score (nSPS) is 13.4. The van der Waals surface area contributed by atoms with E-state index in [1.807, 2.05) is 59.3 Å². The predicted octanol–water partition coefficient (Wildman–Crippen LogP) is 5.21. The Morgan fingerprint density at radius 3 is 2.47 bits per heavy atom. The van der Waals surface area contributed by atoms with E-state index in [0.717, 1.165) is 24.1 Å². The third kappa shape index (κ3) is 5.08. The summed E-state index contributed by atoms with van der Waals surface area (Å²) in [6.45, 7) is 1.23. The lowest BCUT2D eigenvalue weighted by Gasteiger charge is -2.20. The van der Waals surface area contributed by atoms with Gasteiger partial charge in [0.2, 0.25) is 11.8 Å². The van der Waals surface area contributed by atoms with Crippen LogP contribution in [0, 0.1) is 0 Å². The molecule has 8 heteroatoms. The Labute approximate surface area is 206 Å². The van der Waals surface area contributed by atoms with E-state index in [0.29, 0.717) is 35.5 Å². The highest BCUT2D eigenvalue weighted by atomic mass is 32.1. The quantitative estimate of drug-likeness (QED) is 0.341. The molecule has 3 heterocycles. The van der Waals surface area contributed by atoms with E-state index in [2.05, 4.69) is 17.1 Å². The molecular weight excluding hydrogens is 464 g/mol. The van der Waals surface area contributed by atoms with E-state index < -0.39 is 0 Å². The van der Waals surface area contributed by atoms with Gasteiger partial charge in [0.1, 0.15) is 0 Å². The fourth-order valence-electron chi connectivity index (χ4n) is 3.94. The third-order valence-electron chi connectivity index (χ3n) is 5.74. The summed E-state index contributed by atoms with van der Waals surface area (Å²) >= 11 is 2.90. The van der Waals surface area contributed by atoms with Crippen molar-refractivity contribution in [1.82, 2.24) is 9.97 Å². The van der Waals surface area contributed by atoms with Crippen molar-refractivity contribution < 1.29 is 9.59 Å². The molecule has 2 amide bonds. The maximum absolute atomic E-state index is 13.5. The molecule has 2 aromatic heterocycles. The second-order valence-corrected chi connectivity index (χ2v) is 9.78. The number of hydrogen-bond donors (Lipinski definition) is 0. The molecule has 0 N–H and O–H groups in total. The van der Waals surface area contributed by atoms with E-state index in [1.54, 1.807) is 9.80 Å². The molecule has 2 aromatic carbocycles. The maximum atomic E-state index is 13.5. The summed E-state index contributed by atoms with van der Waals surface area (Å²) in [6, 6.07) is 20.1. The van der Waals surface area contributed by atoms with Crippen molar-refractivity contribution in [2.45, 2.75) is 25.7 Å². The molecule has 172 valence electrons. The van der Waals surface area contributed by atoms with Gasteiger partial charge in [0.25, 0.3) is 0 Å². The smallest absolute Gasteiger partial charge is 0.234 e. The van der Waals surface area contributed by atoms with Crippen LogP contribution in [-0.4, -0.2) is 34.9 Å². The van der Waals surface area contributed by atoms with Gasteiger partial charge in [0.15, 0.2) is 10.3 Å². The van der Waals surface area contributed by atoms with Crippen molar-refractivity contribution in [3.63, 3.8) is 0 Å². The Bertz CT molecular complexity index is 1270. The summed E-state index contributed by atoms with van der Waals surface area (Å²) in [5.41, 5.74) is 3.75. The number of rotatable bonds is 8. The van der Waals surface area contributed by atoms with Crippen LogP contribution in [0.2, 0.25) is 0 Å². The van der Waals surface area contributed by atoms with Gasteiger partial charge in [-0.25, -0.2) is 9.97 Å². The van der Waals surface area contributed by atoms with E-state index in [1.165, 1.54) is 28.2 Å². The highest BCUT2D eigenvalue weighted by Gasteiger charge is 2.26. The number of aromatic nitrogens is 2. The highest BCUT2D eigenvalue weighted by Crippen LogP contribution is 2.29. The first-order chi connectivity index (χ1) is 16.7. The summed E-state index contributed by atoms with van der Waals surface area (Å²) in [6.07, 6.45) is 2.33. The molecule has 4 aromatic rings. The monoisotopic (exact) mass is 488 g/mol. The second kappa shape index (κ2) is 10.3. The number of anilines is 2. The molecule has 1 fully saturated rings. The molecule has 0 radical (unpaired) electrons. The zero-order valence-corrected chi connectivity index (χ0v) is 20.2. The lowest BCUT2D eigenvalue weighted by Crippen LogP contribution is -2.34. The number of amides is 2. The molecule has 1 aliphatic rings. The van der Waals surface area contributed by atoms with Crippen molar-refractivity contribution in [3.8, 4) is 11.3 Å². The van der Waals surface area contributed by atoms with Gasteiger partial charge in [-0.3, -0.25) is 19.4 Å². The van der Waals surface area contributed by atoms with E-state index in [9.17, 15) is 9.59 Å². The van der Waals surface area contributed by atoms with Crippen molar-refractivity contribution in [3.05, 3.63) is 82.7 Å². The van der Waals surface area contributed by atoms with Crippen LogP contribution in [-0.2, 0) is 22.4 Å². The van der Waals surface area contributed by atoms with Crippen molar-refractivity contribution in [1.29, 1.82) is 0 Å². The van der Waals surface area contributed by atoms with Crippen LogP contribution in [0.15, 0.2) is 71.4 Å². The highest BCUT2D eigenvalue weighted by molar-refractivity contribution is 7.14. The molecule has 0 atom stereocenters. The van der Waals surface area contributed by atoms with Crippen LogP contribution in [0.3, 0.4) is 0 Å². The minimum atomic E-state index is -0.0468. The fourth-order valence-corrected chi connectivity index (χ4v) is 5.69. The van der Waals surface area contributed by atoms with Crippen molar-refractivity contribution in [2.24, 2.45) is 0 Å². The summed E-state index contributed by atoms with van der Waals surface area (Å²) < 4.78 is 0. The van der Waals surface area contributed by atoms with Gasteiger partial charge in [-0.05, 0) is 18.4 Å². The fraction of sp³-hybridized carbons (Fsp3) is 0.231. The lowest BCUT2D eigenvalue weighted by molar-refractivity contribution is -0.118. The topological polar surface area (TPSA) is 66.4 Å². The number of carbonyl (C=O) groups excluding carboxylic acids is 2. The van der Waals surface area contributed by atoms with E-state index in [-0.39, 0.29) is 18.2 Å². The summed E-state index contributed by atoms with van der Waals surface area (Å²) in [7, 11) is 0. The number of thiazole rings is 2.